The molecule has 52 heavy (non-hydrogen) atoms. The van der Waals surface area contributed by atoms with Crippen LogP contribution in [0, 0.1) is 0 Å². The topological polar surface area (TPSA) is 300 Å². The fourth-order valence-corrected chi connectivity index (χ4v) is 6.97. The number of β-lactam (4-membered cyclic amide) rings is 1. The average Bonchev–Trinajstić information content (AvgIpc) is 3.69. The summed E-state index contributed by atoms with van der Waals surface area (Å²) >= 11 is 2.37. The predicted octanol–water partition coefficient (Wildman–Crippen LogP) is -0.352. The molecule has 2 aliphatic rings. The van der Waals surface area contributed by atoms with Crippen molar-refractivity contribution in [2.75, 3.05) is 17.2 Å². The molecule has 1 fully saturated rings. The third-order valence-corrected chi connectivity index (χ3v) is 9.14. The molecule has 2 amide bonds. The summed E-state index contributed by atoms with van der Waals surface area (Å²) in [5, 5.41) is 26.8. The predicted molar refractivity (Wildman–Crippen MR) is 172 cm³/mol. The van der Waals surface area contributed by atoms with E-state index < -0.39 is 87.6 Å². The van der Waals surface area contributed by atoms with E-state index in [0.717, 1.165) is 44.1 Å². The maximum Gasteiger partial charge on any atom is 0.366 e. The molecule has 3 aromatic rings. The Hall–Kier alpha value is -6.30. The van der Waals surface area contributed by atoms with E-state index in [4.69, 9.17) is 29.2 Å². The van der Waals surface area contributed by atoms with Gasteiger partial charge in [-0.15, -0.1) is 16.9 Å². The van der Waals surface area contributed by atoms with E-state index in [2.05, 4.69) is 31.0 Å². The summed E-state index contributed by atoms with van der Waals surface area (Å²) in [6.07, 6.45) is 0.916. The number of aliphatic carboxylic acids is 1. The number of esters is 3. The van der Waals surface area contributed by atoms with Crippen molar-refractivity contribution >= 4 is 76.9 Å². The highest BCUT2D eigenvalue weighted by molar-refractivity contribution is 8.01. The Balaban J connectivity index is 1.38. The van der Waals surface area contributed by atoms with Crippen LogP contribution in [0.3, 0.4) is 0 Å². The number of amides is 2. The van der Waals surface area contributed by atoms with Crippen molar-refractivity contribution in [1.82, 2.24) is 35.4 Å². The van der Waals surface area contributed by atoms with E-state index in [1.165, 1.54) is 28.2 Å². The first-order valence-corrected chi connectivity index (χ1v) is 16.5. The molecule has 0 aliphatic carbocycles. The fraction of sp³-hybridized carbons (Fsp3) is 0.286. The van der Waals surface area contributed by atoms with E-state index in [-0.39, 0.29) is 22.9 Å². The molecule has 0 saturated carbocycles. The minimum absolute atomic E-state index is 0.170. The first kappa shape index (κ1) is 37.0. The number of nitrogens with two attached hydrogens (primary N) is 1. The van der Waals surface area contributed by atoms with Gasteiger partial charge in [-0.2, -0.15) is 4.98 Å². The number of aromatic nitrogens is 5. The minimum Gasteiger partial charge on any atom is -0.477 e. The SMILES string of the molecule is CC(=O)Oc1cc(C(=O)O/N=C(\C(=O)N[C@@H]2C(=O)N3C(C(=O)O)=C(CSc4nnnn4C)CS[C@@H]23)c2coc(N)n2)cc(OC(C)=O)c1OC(C)=O. The van der Waals surface area contributed by atoms with Crippen LogP contribution in [-0.4, -0.2) is 105 Å². The van der Waals surface area contributed by atoms with E-state index in [1.807, 2.05) is 0 Å². The number of fused-ring (bicyclic) bond motifs is 1. The van der Waals surface area contributed by atoms with Crippen LogP contribution in [0.1, 0.15) is 36.8 Å². The number of benzene rings is 1. The molecule has 272 valence electrons. The molecule has 0 bridgehead atoms. The molecule has 0 spiro atoms. The van der Waals surface area contributed by atoms with Crippen molar-refractivity contribution in [3.63, 3.8) is 0 Å². The quantitative estimate of drug-likeness (QED) is 0.0404. The first-order valence-electron chi connectivity index (χ1n) is 14.4. The van der Waals surface area contributed by atoms with Crippen LogP contribution in [0.25, 0.3) is 0 Å². The second-order valence-corrected chi connectivity index (χ2v) is 12.5. The smallest absolute Gasteiger partial charge is 0.366 e. The third kappa shape index (κ3) is 8.02. The van der Waals surface area contributed by atoms with Crippen molar-refractivity contribution in [2.24, 2.45) is 12.2 Å². The summed E-state index contributed by atoms with van der Waals surface area (Å²) in [6, 6.07) is 0.211. The number of tetrazole rings is 1. The van der Waals surface area contributed by atoms with Gasteiger partial charge in [0.25, 0.3) is 17.8 Å². The third-order valence-electron chi connectivity index (χ3n) is 6.70. The Bertz CT molecular complexity index is 2040. The van der Waals surface area contributed by atoms with Crippen LogP contribution in [0.4, 0.5) is 6.01 Å². The lowest BCUT2D eigenvalue weighted by Crippen LogP contribution is -2.71. The normalized spacial score (nSPS) is 16.7. The zero-order valence-electron chi connectivity index (χ0n) is 27.2. The Morgan fingerprint density at radius 2 is 1.75 bits per heavy atom. The average molecular weight is 760 g/mol. The molecule has 2 aromatic heterocycles. The molecule has 0 unspecified atom stereocenters. The number of nitrogens with one attached hydrogen (secondary N) is 1. The number of oxime groups is 1. The van der Waals surface area contributed by atoms with E-state index >= 15 is 0 Å². The monoisotopic (exact) mass is 759 g/mol. The standard InChI is InChI=1S/C28H25N9O13S2/c1-10(38)47-16-5-13(6-17(48-11(2)39)21(16)49-12(3)40)26(45)50-33-18(15-7-46-27(29)30-15)22(41)31-19-23(42)37-20(25(43)44)14(8-51-24(19)37)9-52-28-32-34-35-36(28)4/h5-7,19,24H,8-9H2,1-4H3,(H2,29,30)(H,31,41)(H,43,44)/b33-18-/t19-,24+/m1/s1. The molecule has 0 radical (unpaired) electrons. The highest BCUT2D eigenvalue weighted by Crippen LogP contribution is 2.42. The van der Waals surface area contributed by atoms with Gasteiger partial charge in [0, 0.05) is 39.3 Å². The number of ether oxygens (including phenoxy) is 3. The largest absolute Gasteiger partial charge is 0.477 e. The first-order chi connectivity index (χ1) is 24.6. The van der Waals surface area contributed by atoms with E-state index in [9.17, 15) is 38.7 Å². The van der Waals surface area contributed by atoms with Gasteiger partial charge in [-0.25, -0.2) is 14.3 Å². The van der Waals surface area contributed by atoms with Crippen molar-refractivity contribution in [3.8, 4) is 17.2 Å². The molecule has 2 aliphatic heterocycles. The van der Waals surface area contributed by atoms with Crippen molar-refractivity contribution in [3.05, 3.63) is 40.9 Å². The van der Waals surface area contributed by atoms with Gasteiger partial charge < -0.3 is 39.6 Å². The van der Waals surface area contributed by atoms with Gasteiger partial charge in [-0.05, 0) is 28.1 Å². The van der Waals surface area contributed by atoms with Gasteiger partial charge in [0.2, 0.25) is 10.9 Å². The summed E-state index contributed by atoms with van der Waals surface area (Å²) < 4.78 is 21.5. The maximum atomic E-state index is 13.5. The molecule has 4 N–H and O–H groups in total. The van der Waals surface area contributed by atoms with Crippen LogP contribution in [-0.2, 0) is 40.7 Å². The zero-order chi connectivity index (χ0) is 37.9. The lowest BCUT2D eigenvalue weighted by atomic mass is 10.0. The number of carboxylic acids is 1. The molecule has 4 heterocycles. The number of carbonyl (C=O) groups excluding carboxylic acids is 6. The highest BCUT2D eigenvalue weighted by atomic mass is 32.2. The summed E-state index contributed by atoms with van der Waals surface area (Å²) in [6.45, 7) is 3.05. The van der Waals surface area contributed by atoms with E-state index in [0.29, 0.717) is 10.7 Å². The summed E-state index contributed by atoms with van der Waals surface area (Å²) in [7, 11) is 1.62. The Kier molecular flexibility index (Phi) is 10.9. The number of nitrogens with zero attached hydrogens (tertiary/aromatic N) is 7. The van der Waals surface area contributed by atoms with E-state index in [1.54, 1.807) is 7.05 Å². The molecule has 5 rings (SSSR count). The van der Waals surface area contributed by atoms with Crippen LogP contribution in [0.5, 0.6) is 17.2 Å². The molecule has 1 saturated heterocycles. The van der Waals surface area contributed by atoms with Gasteiger partial charge >= 0.3 is 29.8 Å². The van der Waals surface area contributed by atoms with Crippen LogP contribution < -0.4 is 25.3 Å². The summed E-state index contributed by atoms with van der Waals surface area (Å²) in [5.41, 5.74) is 4.29. The number of carbonyl (C=O) groups is 7. The maximum absolute atomic E-state index is 13.5. The summed E-state index contributed by atoms with van der Waals surface area (Å²) in [5.74, 6) is -8.29. The Morgan fingerprint density at radius 1 is 1.10 bits per heavy atom. The molecule has 1 aromatic carbocycles. The van der Waals surface area contributed by atoms with Crippen molar-refractivity contribution in [2.45, 2.75) is 37.3 Å². The number of thioether (sulfide) groups is 2. The van der Waals surface area contributed by atoms with Gasteiger partial charge in [0.05, 0.1) is 5.56 Å². The zero-order valence-corrected chi connectivity index (χ0v) is 28.8. The van der Waals surface area contributed by atoms with Gasteiger partial charge in [0.1, 0.15) is 29.1 Å². The second-order valence-electron chi connectivity index (χ2n) is 10.5. The van der Waals surface area contributed by atoms with Crippen LogP contribution in [0.2, 0.25) is 0 Å². The lowest BCUT2D eigenvalue weighted by molar-refractivity contribution is -0.150. The van der Waals surface area contributed by atoms with Gasteiger partial charge in [-0.1, -0.05) is 16.9 Å². The fourth-order valence-electron chi connectivity index (χ4n) is 4.64. The lowest BCUT2D eigenvalue weighted by Gasteiger charge is -2.49. The number of rotatable bonds is 12. The van der Waals surface area contributed by atoms with Crippen molar-refractivity contribution in [1.29, 1.82) is 0 Å². The Labute approximate surface area is 299 Å². The molecular formula is C28H25N9O13S2. The van der Waals surface area contributed by atoms with Gasteiger partial charge in [0.15, 0.2) is 17.2 Å². The number of hydrogen-bond donors (Lipinski definition) is 3. The Morgan fingerprint density at radius 3 is 2.29 bits per heavy atom. The second kappa shape index (κ2) is 15.3. The van der Waals surface area contributed by atoms with Crippen LogP contribution >= 0.6 is 23.5 Å². The van der Waals surface area contributed by atoms with Gasteiger partial charge in [-0.3, -0.25) is 28.9 Å². The number of carboxylic acid groups (broad SMARTS) is 1. The molecule has 24 heteroatoms. The minimum atomic E-state index is -1.35. The summed E-state index contributed by atoms with van der Waals surface area (Å²) in [4.78, 5) is 97.3. The number of aryl methyl sites for hydroxylation is 1. The molecular weight excluding hydrogens is 734 g/mol. The van der Waals surface area contributed by atoms with Crippen molar-refractivity contribution < 1.29 is 62.1 Å². The highest BCUT2D eigenvalue weighted by Gasteiger charge is 2.54. The molecule has 22 nitrogen and oxygen atoms in total. The number of oxazole rings is 1. The number of nitrogen functional groups attached to an aromatic ring is 1. The van der Waals surface area contributed by atoms with Crippen LogP contribution in [0.15, 0.2) is 44.4 Å². The number of hydrogen-bond acceptors (Lipinski definition) is 20. The number of anilines is 1. The molecule has 2 atom stereocenters.